The molecule has 2 rings (SSSR count). The molecular weight excluding hydrogens is 176 g/mol. The van der Waals surface area contributed by atoms with Gasteiger partial charge < -0.3 is 5.43 Å². The maximum absolute atomic E-state index is 5.30. The third kappa shape index (κ3) is 2.21. The molecule has 4 heteroatoms. The zero-order chi connectivity index (χ0) is 9.97. The summed E-state index contributed by atoms with van der Waals surface area (Å²) in [5, 5.41) is 0. The molecule has 1 aliphatic rings. The third-order valence-corrected chi connectivity index (χ3v) is 2.57. The fourth-order valence-electron chi connectivity index (χ4n) is 1.58. The van der Waals surface area contributed by atoms with E-state index in [-0.39, 0.29) is 0 Å². The molecule has 0 amide bonds. The van der Waals surface area contributed by atoms with E-state index in [1.807, 2.05) is 12.1 Å². The molecule has 0 radical (unpaired) electrons. The van der Waals surface area contributed by atoms with Crippen LogP contribution in [0.25, 0.3) is 0 Å². The van der Waals surface area contributed by atoms with Crippen LogP contribution in [0.3, 0.4) is 0 Å². The Bertz CT molecular complexity index is 309. The molecule has 0 aliphatic heterocycles. The van der Waals surface area contributed by atoms with Crippen molar-refractivity contribution in [3.8, 4) is 0 Å². The van der Waals surface area contributed by atoms with Crippen molar-refractivity contribution in [3.63, 3.8) is 0 Å². The van der Waals surface area contributed by atoms with Gasteiger partial charge in [-0.05, 0) is 37.6 Å². The van der Waals surface area contributed by atoms with Gasteiger partial charge in [-0.25, -0.2) is 10.8 Å². The van der Waals surface area contributed by atoms with Gasteiger partial charge in [-0.3, -0.25) is 4.90 Å². The number of nitrogen functional groups attached to an aromatic ring is 1. The lowest BCUT2D eigenvalue weighted by atomic mass is 10.2. The second kappa shape index (κ2) is 3.94. The van der Waals surface area contributed by atoms with Crippen molar-refractivity contribution < 1.29 is 0 Å². The van der Waals surface area contributed by atoms with Crippen molar-refractivity contribution >= 4 is 5.82 Å². The SMILES string of the molecule is CN(Cc1ccnc(NN)c1)C1CC1. The number of aromatic nitrogens is 1. The van der Waals surface area contributed by atoms with Crippen molar-refractivity contribution in [2.75, 3.05) is 12.5 Å². The van der Waals surface area contributed by atoms with Crippen molar-refractivity contribution in [1.29, 1.82) is 0 Å². The van der Waals surface area contributed by atoms with Gasteiger partial charge in [0.2, 0.25) is 0 Å². The van der Waals surface area contributed by atoms with Gasteiger partial charge >= 0.3 is 0 Å². The smallest absolute Gasteiger partial charge is 0.140 e. The van der Waals surface area contributed by atoms with Crippen LogP contribution in [0.15, 0.2) is 18.3 Å². The number of hydrogen-bond donors (Lipinski definition) is 2. The van der Waals surface area contributed by atoms with Crippen LogP contribution >= 0.6 is 0 Å². The largest absolute Gasteiger partial charge is 0.308 e. The van der Waals surface area contributed by atoms with E-state index in [2.05, 4.69) is 22.4 Å². The number of anilines is 1. The Hall–Kier alpha value is -1.13. The van der Waals surface area contributed by atoms with E-state index in [0.717, 1.165) is 18.4 Å². The zero-order valence-electron chi connectivity index (χ0n) is 8.40. The molecule has 0 unspecified atom stereocenters. The highest BCUT2D eigenvalue weighted by molar-refractivity contribution is 5.35. The van der Waals surface area contributed by atoms with Gasteiger partial charge in [0.05, 0.1) is 0 Å². The van der Waals surface area contributed by atoms with Crippen LogP contribution in [0, 0.1) is 0 Å². The standard InChI is InChI=1S/C10H16N4/c1-14(9-2-3-9)7-8-4-5-12-10(6-8)13-11/h4-6,9H,2-3,7,11H2,1H3,(H,12,13). The molecule has 4 nitrogen and oxygen atoms in total. The molecule has 1 heterocycles. The van der Waals surface area contributed by atoms with Crippen molar-refractivity contribution in [1.82, 2.24) is 9.88 Å². The molecule has 3 N–H and O–H groups in total. The first kappa shape index (κ1) is 9.43. The lowest BCUT2D eigenvalue weighted by molar-refractivity contribution is 0.316. The average Bonchev–Trinajstić information content (AvgIpc) is 3.01. The van der Waals surface area contributed by atoms with Crippen molar-refractivity contribution in [2.24, 2.45) is 5.84 Å². The number of pyridine rings is 1. The van der Waals surface area contributed by atoms with E-state index in [9.17, 15) is 0 Å². The number of nitrogens with two attached hydrogens (primary N) is 1. The topological polar surface area (TPSA) is 54.2 Å². The van der Waals surface area contributed by atoms with Gasteiger partial charge in [-0.2, -0.15) is 0 Å². The normalized spacial score (nSPS) is 15.9. The Labute approximate surface area is 84.1 Å². The van der Waals surface area contributed by atoms with Gasteiger partial charge in [-0.15, -0.1) is 0 Å². The molecule has 1 saturated carbocycles. The highest BCUT2D eigenvalue weighted by Gasteiger charge is 2.25. The van der Waals surface area contributed by atoms with Crippen LogP contribution in [0.4, 0.5) is 5.82 Å². The summed E-state index contributed by atoms with van der Waals surface area (Å²) in [7, 11) is 2.16. The van der Waals surface area contributed by atoms with Crippen molar-refractivity contribution in [3.05, 3.63) is 23.9 Å². The van der Waals surface area contributed by atoms with Gasteiger partial charge in [0, 0.05) is 18.8 Å². The molecular formula is C10H16N4. The predicted octanol–water partition coefficient (Wildman–Crippen LogP) is 0.961. The molecule has 0 bridgehead atoms. The average molecular weight is 192 g/mol. The molecule has 0 aromatic carbocycles. The maximum atomic E-state index is 5.30. The van der Waals surface area contributed by atoms with Crippen LogP contribution in [0.1, 0.15) is 18.4 Å². The summed E-state index contributed by atoms with van der Waals surface area (Å²) in [6.45, 7) is 0.974. The molecule has 1 fully saturated rings. The first-order valence-electron chi connectivity index (χ1n) is 4.91. The quantitative estimate of drug-likeness (QED) is 0.551. The first-order valence-corrected chi connectivity index (χ1v) is 4.91. The van der Waals surface area contributed by atoms with E-state index in [4.69, 9.17) is 5.84 Å². The second-order valence-corrected chi connectivity index (χ2v) is 3.84. The van der Waals surface area contributed by atoms with Gasteiger partial charge in [0.15, 0.2) is 0 Å². The highest BCUT2D eigenvalue weighted by atomic mass is 15.2. The molecule has 0 spiro atoms. The fourth-order valence-corrected chi connectivity index (χ4v) is 1.58. The van der Waals surface area contributed by atoms with Crippen LogP contribution < -0.4 is 11.3 Å². The minimum Gasteiger partial charge on any atom is -0.308 e. The molecule has 76 valence electrons. The summed E-state index contributed by atoms with van der Waals surface area (Å²) < 4.78 is 0. The van der Waals surface area contributed by atoms with Crippen LogP contribution in [-0.4, -0.2) is 23.0 Å². The number of rotatable bonds is 4. The summed E-state index contributed by atoms with van der Waals surface area (Å²) in [6.07, 6.45) is 4.46. The lowest BCUT2D eigenvalue weighted by Gasteiger charge is -2.15. The minimum absolute atomic E-state index is 0.728. The summed E-state index contributed by atoms with van der Waals surface area (Å²) in [4.78, 5) is 6.44. The summed E-state index contributed by atoms with van der Waals surface area (Å²) in [5.41, 5.74) is 3.81. The molecule has 14 heavy (non-hydrogen) atoms. The molecule has 1 aromatic heterocycles. The van der Waals surface area contributed by atoms with E-state index in [0.29, 0.717) is 0 Å². The van der Waals surface area contributed by atoms with E-state index in [1.54, 1.807) is 6.20 Å². The van der Waals surface area contributed by atoms with E-state index >= 15 is 0 Å². The second-order valence-electron chi connectivity index (χ2n) is 3.84. The van der Waals surface area contributed by atoms with Gasteiger partial charge in [0.1, 0.15) is 5.82 Å². The Balaban J connectivity index is 2.00. The Morgan fingerprint density at radius 3 is 3.07 bits per heavy atom. The summed E-state index contributed by atoms with van der Waals surface area (Å²) in [5.74, 6) is 6.02. The number of nitrogens with zero attached hydrogens (tertiary/aromatic N) is 2. The highest BCUT2D eigenvalue weighted by Crippen LogP contribution is 2.26. The molecule has 1 aliphatic carbocycles. The Morgan fingerprint density at radius 2 is 2.43 bits per heavy atom. The summed E-state index contributed by atoms with van der Waals surface area (Å²) in [6, 6.07) is 4.80. The third-order valence-electron chi connectivity index (χ3n) is 2.57. The zero-order valence-corrected chi connectivity index (χ0v) is 8.40. The molecule has 1 aromatic rings. The van der Waals surface area contributed by atoms with Crippen LogP contribution in [-0.2, 0) is 6.54 Å². The molecule has 0 atom stereocenters. The Kier molecular flexibility index (Phi) is 2.65. The monoisotopic (exact) mass is 192 g/mol. The first-order chi connectivity index (χ1) is 6.79. The predicted molar refractivity (Wildman–Crippen MR) is 56.5 cm³/mol. The Morgan fingerprint density at radius 1 is 1.64 bits per heavy atom. The van der Waals surface area contributed by atoms with Crippen LogP contribution in [0.5, 0.6) is 0 Å². The lowest BCUT2D eigenvalue weighted by Crippen LogP contribution is -2.20. The van der Waals surface area contributed by atoms with E-state index < -0.39 is 0 Å². The number of hydrazine groups is 1. The van der Waals surface area contributed by atoms with Crippen LogP contribution in [0.2, 0.25) is 0 Å². The molecule has 0 saturated heterocycles. The van der Waals surface area contributed by atoms with Crippen molar-refractivity contribution in [2.45, 2.75) is 25.4 Å². The van der Waals surface area contributed by atoms with Gasteiger partial charge in [-0.1, -0.05) is 0 Å². The number of hydrogen-bond acceptors (Lipinski definition) is 4. The maximum Gasteiger partial charge on any atom is 0.140 e. The van der Waals surface area contributed by atoms with E-state index in [1.165, 1.54) is 18.4 Å². The minimum atomic E-state index is 0.728. The number of nitrogens with one attached hydrogen (secondary N) is 1. The van der Waals surface area contributed by atoms with Gasteiger partial charge in [0.25, 0.3) is 0 Å². The summed E-state index contributed by atoms with van der Waals surface area (Å²) >= 11 is 0. The fraction of sp³-hybridized carbons (Fsp3) is 0.500.